The Labute approximate surface area is 185 Å². The summed E-state index contributed by atoms with van der Waals surface area (Å²) in [5.74, 6) is -0.281. The number of aliphatic hydroxyl groups excluding tert-OH is 1. The Morgan fingerprint density at radius 3 is 2.88 bits per heavy atom. The first-order valence-electron chi connectivity index (χ1n) is 10.4. The molecule has 5 rings (SSSR count). The van der Waals surface area contributed by atoms with Gasteiger partial charge >= 0.3 is 0 Å². The molecule has 3 aromatic heterocycles. The molecule has 1 aliphatic heterocycles. The van der Waals surface area contributed by atoms with Gasteiger partial charge in [-0.15, -0.1) is 0 Å². The third-order valence-corrected chi connectivity index (χ3v) is 6.33. The van der Waals surface area contributed by atoms with Crippen molar-refractivity contribution in [3.05, 3.63) is 48.5 Å². The summed E-state index contributed by atoms with van der Waals surface area (Å²) in [6, 6.07) is 9.32. The lowest BCUT2D eigenvalue weighted by molar-refractivity contribution is -0.00247. The Balaban J connectivity index is 1.63. The fraction of sp³-hybridized carbons (Fsp3) is 0.364. The number of ether oxygens (including phenoxy) is 1. The fourth-order valence-corrected chi connectivity index (χ4v) is 4.74. The quantitative estimate of drug-likeness (QED) is 0.488. The van der Waals surface area contributed by atoms with Gasteiger partial charge < -0.3 is 14.3 Å². The van der Waals surface area contributed by atoms with Crippen LogP contribution in [0.2, 0.25) is 0 Å². The first-order valence-corrected chi connectivity index (χ1v) is 12.5. The number of aromatic nitrogens is 3. The zero-order chi connectivity index (χ0) is 22.3. The minimum atomic E-state index is -3.36. The van der Waals surface area contributed by atoms with Crippen LogP contribution in [0.3, 0.4) is 0 Å². The van der Waals surface area contributed by atoms with Crippen molar-refractivity contribution in [1.82, 2.24) is 19.7 Å². The van der Waals surface area contributed by atoms with Gasteiger partial charge in [0.2, 0.25) is 0 Å². The molecule has 1 unspecified atom stereocenters. The molecule has 1 aliphatic rings. The van der Waals surface area contributed by atoms with Crippen LogP contribution in [0.15, 0.2) is 47.2 Å². The Bertz CT molecular complexity index is 1370. The molecule has 1 saturated heterocycles. The van der Waals surface area contributed by atoms with Gasteiger partial charge in [0, 0.05) is 48.5 Å². The highest BCUT2D eigenvalue weighted by molar-refractivity contribution is 7.89. The molecule has 9 nitrogen and oxygen atoms in total. The molecule has 0 saturated carbocycles. The van der Waals surface area contributed by atoms with E-state index in [1.807, 2.05) is 29.2 Å². The molecule has 0 aliphatic carbocycles. The van der Waals surface area contributed by atoms with E-state index in [4.69, 9.17) is 9.15 Å². The second-order valence-corrected chi connectivity index (χ2v) is 10.2. The van der Waals surface area contributed by atoms with Crippen LogP contribution in [-0.4, -0.2) is 65.7 Å². The van der Waals surface area contributed by atoms with E-state index >= 15 is 0 Å². The largest absolute Gasteiger partial charge is 0.464 e. The highest BCUT2D eigenvalue weighted by atomic mass is 32.2. The molecule has 168 valence electrons. The monoisotopic (exact) mass is 456 g/mol. The smallest absolute Gasteiger partial charge is 0.167 e. The molecular formula is C22H24N4O5S. The Kier molecular flexibility index (Phi) is 5.46. The molecular weight excluding hydrogens is 432 g/mol. The lowest BCUT2D eigenvalue weighted by atomic mass is 10.1. The van der Waals surface area contributed by atoms with Gasteiger partial charge in [0.05, 0.1) is 17.8 Å². The van der Waals surface area contributed by atoms with E-state index in [0.29, 0.717) is 48.6 Å². The highest BCUT2D eigenvalue weighted by Crippen LogP contribution is 2.35. The van der Waals surface area contributed by atoms with Gasteiger partial charge in [-0.1, -0.05) is 18.2 Å². The van der Waals surface area contributed by atoms with Gasteiger partial charge in [-0.3, -0.25) is 9.88 Å². The summed E-state index contributed by atoms with van der Waals surface area (Å²) in [6.45, 7) is 2.49. The van der Waals surface area contributed by atoms with Gasteiger partial charge in [0.25, 0.3) is 0 Å². The maximum absolute atomic E-state index is 12.1. The SMILES string of the molecule is CS(=O)(=O)Cn1nc(-c2coc3ccccc23)c2cnc(C(O)N3CCCOCC3)cc21. The lowest BCUT2D eigenvalue weighted by Crippen LogP contribution is -2.31. The lowest BCUT2D eigenvalue weighted by Gasteiger charge is -2.25. The summed E-state index contributed by atoms with van der Waals surface area (Å²) in [6.07, 6.45) is 4.34. The molecule has 0 spiro atoms. The summed E-state index contributed by atoms with van der Waals surface area (Å²) < 4.78 is 36.8. The van der Waals surface area contributed by atoms with Gasteiger partial charge in [-0.25, -0.2) is 13.1 Å². The zero-order valence-electron chi connectivity index (χ0n) is 17.6. The first-order chi connectivity index (χ1) is 15.4. The predicted molar refractivity (Wildman–Crippen MR) is 120 cm³/mol. The van der Waals surface area contributed by atoms with Gasteiger partial charge in [0.15, 0.2) is 16.1 Å². The third-order valence-electron chi connectivity index (χ3n) is 5.62. The number of pyridine rings is 1. The minimum Gasteiger partial charge on any atom is -0.464 e. The van der Waals surface area contributed by atoms with E-state index < -0.39 is 16.1 Å². The number of rotatable bonds is 5. The predicted octanol–water partition coefficient (Wildman–Crippen LogP) is 2.56. The number of furan rings is 1. The van der Waals surface area contributed by atoms with Crippen molar-refractivity contribution >= 4 is 31.7 Å². The average molecular weight is 457 g/mol. The van der Waals surface area contributed by atoms with Crippen molar-refractivity contribution in [2.45, 2.75) is 18.5 Å². The van der Waals surface area contributed by atoms with Crippen molar-refractivity contribution in [1.29, 1.82) is 0 Å². The molecule has 4 heterocycles. The molecule has 0 radical (unpaired) electrons. The molecule has 4 aromatic rings. The summed E-state index contributed by atoms with van der Waals surface area (Å²) in [5, 5.41) is 17.1. The number of benzene rings is 1. The van der Waals surface area contributed by atoms with Crippen LogP contribution in [0.25, 0.3) is 33.1 Å². The van der Waals surface area contributed by atoms with Crippen molar-refractivity contribution in [3.8, 4) is 11.3 Å². The Morgan fingerprint density at radius 2 is 2.03 bits per heavy atom. The topological polar surface area (TPSA) is 111 Å². The highest BCUT2D eigenvalue weighted by Gasteiger charge is 2.24. The van der Waals surface area contributed by atoms with Crippen LogP contribution >= 0.6 is 0 Å². The van der Waals surface area contributed by atoms with Crippen LogP contribution in [0, 0.1) is 0 Å². The van der Waals surface area contributed by atoms with Crippen molar-refractivity contribution in [2.24, 2.45) is 0 Å². The number of nitrogens with zero attached hydrogens (tertiary/aromatic N) is 4. The van der Waals surface area contributed by atoms with Crippen LogP contribution < -0.4 is 0 Å². The summed E-state index contributed by atoms with van der Waals surface area (Å²) in [5.41, 5.74) is 3.10. The van der Waals surface area contributed by atoms with Crippen molar-refractivity contribution in [3.63, 3.8) is 0 Å². The molecule has 0 bridgehead atoms. The maximum atomic E-state index is 12.1. The van der Waals surface area contributed by atoms with E-state index in [2.05, 4.69) is 10.1 Å². The first kappa shape index (κ1) is 21.1. The number of fused-ring (bicyclic) bond motifs is 2. The van der Waals surface area contributed by atoms with Crippen LogP contribution in [0.1, 0.15) is 18.3 Å². The van der Waals surface area contributed by atoms with Crippen LogP contribution in [-0.2, 0) is 20.5 Å². The zero-order valence-corrected chi connectivity index (χ0v) is 18.5. The van der Waals surface area contributed by atoms with E-state index in [0.717, 1.165) is 23.0 Å². The molecule has 1 N–H and O–H groups in total. The van der Waals surface area contributed by atoms with Crippen molar-refractivity contribution < 1.29 is 22.7 Å². The van der Waals surface area contributed by atoms with E-state index in [1.54, 1.807) is 18.5 Å². The molecule has 1 aromatic carbocycles. The summed E-state index contributed by atoms with van der Waals surface area (Å²) >= 11 is 0. The van der Waals surface area contributed by atoms with Crippen LogP contribution in [0.4, 0.5) is 0 Å². The maximum Gasteiger partial charge on any atom is 0.167 e. The Morgan fingerprint density at radius 1 is 1.19 bits per heavy atom. The summed E-state index contributed by atoms with van der Waals surface area (Å²) in [4.78, 5) is 6.41. The van der Waals surface area contributed by atoms with Gasteiger partial charge in [-0.05, 0) is 18.6 Å². The van der Waals surface area contributed by atoms with Gasteiger partial charge in [-0.2, -0.15) is 5.10 Å². The normalized spacial score (nSPS) is 17.1. The molecule has 10 heteroatoms. The van der Waals surface area contributed by atoms with E-state index in [-0.39, 0.29) is 5.88 Å². The number of hydrogen-bond donors (Lipinski definition) is 1. The van der Waals surface area contributed by atoms with E-state index in [1.165, 1.54) is 10.9 Å². The summed E-state index contributed by atoms with van der Waals surface area (Å²) in [7, 11) is -3.36. The number of sulfone groups is 1. The molecule has 0 amide bonds. The standard InChI is InChI=1S/C22H24N4O5S/c1-32(28,29)14-26-19-11-18(22(27)25-7-4-9-30-10-8-25)23-12-16(19)21(24-26)17-13-31-20-6-3-2-5-15(17)20/h2-3,5-6,11-13,22,27H,4,7-10,14H2,1H3. The average Bonchev–Trinajstić information content (AvgIpc) is 3.21. The fourth-order valence-electron chi connectivity index (χ4n) is 4.10. The second kappa shape index (κ2) is 8.28. The van der Waals surface area contributed by atoms with Gasteiger partial charge in [0.1, 0.15) is 23.4 Å². The number of para-hydroxylation sites is 1. The third kappa shape index (κ3) is 4.02. The molecule has 32 heavy (non-hydrogen) atoms. The van der Waals surface area contributed by atoms with Crippen LogP contribution in [0.5, 0.6) is 0 Å². The number of aliphatic hydroxyl groups is 1. The second-order valence-electron chi connectivity index (χ2n) is 8.05. The molecule has 1 atom stereocenters. The molecule has 1 fully saturated rings. The number of hydrogen-bond acceptors (Lipinski definition) is 8. The van der Waals surface area contributed by atoms with E-state index in [9.17, 15) is 13.5 Å². The Hall–Kier alpha value is -2.79. The minimum absolute atomic E-state index is 0.281. The van der Waals surface area contributed by atoms with Crippen molar-refractivity contribution in [2.75, 3.05) is 32.6 Å².